The monoisotopic (exact) mass is 290 g/mol. The van der Waals surface area contributed by atoms with Crippen molar-refractivity contribution in [1.82, 2.24) is 9.78 Å². The Kier molecular flexibility index (Phi) is 4.49. The van der Waals surface area contributed by atoms with E-state index in [9.17, 15) is 0 Å². The predicted octanol–water partition coefficient (Wildman–Crippen LogP) is 2.98. The lowest BCUT2D eigenvalue weighted by atomic mass is 10.2. The number of nitrogen functional groups attached to an aromatic ring is 1. The molecule has 0 amide bonds. The molecule has 1 aromatic carbocycles. The van der Waals surface area contributed by atoms with Gasteiger partial charge < -0.3 is 10.5 Å². The van der Waals surface area contributed by atoms with Gasteiger partial charge in [0.1, 0.15) is 18.5 Å². The van der Waals surface area contributed by atoms with Gasteiger partial charge in [0.25, 0.3) is 5.88 Å². The van der Waals surface area contributed by atoms with Crippen LogP contribution >= 0.6 is 11.6 Å². The maximum Gasteiger partial charge on any atom is 0.253 e. The molecule has 0 saturated heterocycles. The number of nitrogens with zero attached hydrogens (tertiary/aromatic N) is 3. The largest absolute Gasteiger partial charge is 0.471 e. The van der Waals surface area contributed by atoms with E-state index >= 15 is 0 Å². The number of ether oxygens (including phenoxy) is 1. The van der Waals surface area contributed by atoms with Gasteiger partial charge in [0, 0.05) is 11.6 Å². The number of rotatable bonds is 5. The first kappa shape index (κ1) is 14.2. The number of halogens is 1. The van der Waals surface area contributed by atoms with E-state index in [-0.39, 0.29) is 11.4 Å². The van der Waals surface area contributed by atoms with Crippen molar-refractivity contribution in [2.24, 2.45) is 0 Å². The first-order chi connectivity index (χ1) is 9.65. The van der Waals surface area contributed by atoms with Gasteiger partial charge in [-0.05, 0) is 24.1 Å². The smallest absolute Gasteiger partial charge is 0.253 e. The second-order valence-electron chi connectivity index (χ2n) is 4.32. The summed E-state index contributed by atoms with van der Waals surface area (Å²) in [6, 6.07) is 9.33. The SMILES string of the molecule is CCCn1nc(OCc2ccc(Cl)cc2)c(C#N)c1N. The number of hydrogen-bond donors (Lipinski definition) is 1. The van der Waals surface area contributed by atoms with Crippen LogP contribution in [0.25, 0.3) is 0 Å². The number of aromatic nitrogens is 2. The molecule has 0 radical (unpaired) electrons. The molecule has 0 aliphatic rings. The van der Waals surface area contributed by atoms with E-state index in [1.54, 1.807) is 16.8 Å². The zero-order chi connectivity index (χ0) is 14.5. The van der Waals surface area contributed by atoms with Crippen LogP contribution in [0.2, 0.25) is 5.02 Å². The average Bonchev–Trinajstić information content (AvgIpc) is 2.75. The predicted molar refractivity (Wildman–Crippen MR) is 77.4 cm³/mol. The van der Waals surface area contributed by atoms with Crippen LogP contribution in [0.1, 0.15) is 24.5 Å². The standard InChI is InChI=1S/C14H15ClN4O/c1-2-7-19-13(17)12(8-16)14(18-19)20-9-10-3-5-11(15)6-4-10/h3-6H,2,7,9,17H2,1H3. The summed E-state index contributed by atoms with van der Waals surface area (Å²) in [5.74, 6) is 0.619. The molecular weight excluding hydrogens is 276 g/mol. The molecule has 20 heavy (non-hydrogen) atoms. The van der Waals surface area contributed by atoms with E-state index in [4.69, 9.17) is 27.3 Å². The lowest BCUT2D eigenvalue weighted by molar-refractivity contribution is 0.288. The molecule has 6 heteroatoms. The maximum atomic E-state index is 9.13. The van der Waals surface area contributed by atoms with Gasteiger partial charge in [-0.15, -0.1) is 5.10 Å². The van der Waals surface area contributed by atoms with Crippen molar-refractivity contribution in [3.63, 3.8) is 0 Å². The molecule has 0 unspecified atom stereocenters. The van der Waals surface area contributed by atoms with Crippen molar-refractivity contribution in [3.05, 3.63) is 40.4 Å². The van der Waals surface area contributed by atoms with Crippen molar-refractivity contribution in [2.75, 3.05) is 5.73 Å². The van der Waals surface area contributed by atoms with Crippen molar-refractivity contribution in [1.29, 1.82) is 5.26 Å². The molecule has 5 nitrogen and oxygen atoms in total. The molecule has 0 saturated carbocycles. The number of nitrogens with two attached hydrogens (primary N) is 1. The molecule has 2 rings (SSSR count). The van der Waals surface area contributed by atoms with Crippen LogP contribution in [0, 0.1) is 11.3 Å². The third kappa shape index (κ3) is 3.03. The minimum atomic E-state index is 0.272. The molecular formula is C14H15ClN4O. The molecule has 2 aromatic rings. The molecule has 0 aliphatic heterocycles. The maximum absolute atomic E-state index is 9.13. The summed E-state index contributed by atoms with van der Waals surface area (Å²) in [5.41, 5.74) is 7.10. The molecule has 0 atom stereocenters. The third-order valence-corrected chi connectivity index (χ3v) is 3.05. The Morgan fingerprint density at radius 2 is 2.10 bits per heavy atom. The Morgan fingerprint density at radius 1 is 1.40 bits per heavy atom. The number of nitriles is 1. The highest BCUT2D eigenvalue weighted by molar-refractivity contribution is 6.30. The average molecular weight is 291 g/mol. The van der Waals surface area contributed by atoms with Crippen LogP contribution in [0.5, 0.6) is 5.88 Å². The van der Waals surface area contributed by atoms with Crippen LogP contribution in [-0.2, 0) is 13.2 Å². The van der Waals surface area contributed by atoms with E-state index in [2.05, 4.69) is 5.10 Å². The molecule has 0 fully saturated rings. The first-order valence-corrected chi connectivity index (χ1v) is 6.67. The zero-order valence-electron chi connectivity index (χ0n) is 11.1. The van der Waals surface area contributed by atoms with E-state index < -0.39 is 0 Å². The van der Waals surface area contributed by atoms with Gasteiger partial charge in [0.2, 0.25) is 0 Å². The molecule has 0 bridgehead atoms. The molecule has 104 valence electrons. The molecule has 0 aliphatic carbocycles. The summed E-state index contributed by atoms with van der Waals surface area (Å²) < 4.78 is 7.18. The molecule has 1 aromatic heterocycles. The second-order valence-corrected chi connectivity index (χ2v) is 4.75. The van der Waals surface area contributed by atoms with E-state index in [0.717, 1.165) is 12.0 Å². The van der Waals surface area contributed by atoms with Crippen LogP contribution in [0.4, 0.5) is 5.82 Å². The fraction of sp³-hybridized carbons (Fsp3) is 0.286. The highest BCUT2D eigenvalue weighted by atomic mass is 35.5. The van der Waals surface area contributed by atoms with E-state index in [1.807, 2.05) is 25.1 Å². The Bertz CT molecular complexity index is 628. The third-order valence-electron chi connectivity index (χ3n) is 2.80. The summed E-state index contributed by atoms with van der Waals surface area (Å²) in [6.45, 7) is 2.99. The second kappa shape index (κ2) is 6.31. The summed E-state index contributed by atoms with van der Waals surface area (Å²) in [7, 11) is 0. The number of aryl methyl sites for hydroxylation is 1. The van der Waals surface area contributed by atoms with Gasteiger partial charge in [-0.1, -0.05) is 30.7 Å². The minimum absolute atomic E-state index is 0.272. The van der Waals surface area contributed by atoms with Crippen LogP contribution in [-0.4, -0.2) is 9.78 Å². The van der Waals surface area contributed by atoms with Crippen molar-refractivity contribution in [2.45, 2.75) is 26.5 Å². The Labute approximate surface area is 122 Å². The van der Waals surface area contributed by atoms with Gasteiger partial charge in [-0.2, -0.15) is 5.26 Å². The summed E-state index contributed by atoms with van der Waals surface area (Å²) in [4.78, 5) is 0. The van der Waals surface area contributed by atoms with Gasteiger partial charge in [0.05, 0.1) is 0 Å². The molecule has 0 spiro atoms. The number of benzene rings is 1. The van der Waals surface area contributed by atoms with Crippen molar-refractivity contribution >= 4 is 17.4 Å². The topological polar surface area (TPSA) is 76.9 Å². The molecule has 2 N–H and O–H groups in total. The lowest BCUT2D eigenvalue weighted by Gasteiger charge is -2.03. The van der Waals surface area contributed by atoms with Crippen LogP contribution in [0.3, 0.4) is 0 Å². The summed E-state index contributed by atoms with van der Waals surface area (Å²) >= 11 is 5.82. The fourth-order valence-electron chi connectivity index (χ4n) is 1.77. The minimum Gasteiger partial charge on any atom is -0.471 e. The lowest BCUT2D eigenvalue weighted by Crippen LogP contribution is -2.04. The summed E-state index contributed by atoms with van der Waals surface area (Å²) in [6.07, 6.45) is 0.882. The van der Waals surface area contributed by atoms with Gasteiger partial charge >= 0.3 is 0 Å². The Balaban J connectivity index is 2.15. The van der Waals surface area contributed by atoms with Crippen LogP contribution < -0.4 is 10.5 Å². The highest BCUT2D eigenvalue weighted by Crippen LogP contribution is 2.24. The quantitative estimate of drug-likeness (QED) is 0.918. The van der Waals surface area contributed by atoms with E-state index in [1.165, 1.54) is 0 Å². The van der Waals surface area contributed by atoms with Crippen molar-refractivity contribution < 1.29 is 4.74 Å². The van der Waals surface area contributed by atoms with Gasteiger partial charge in [-0.25, -0.2) is 4.68 Å². The van der Waals surface area contributed by atoms with Gasteiger partial charge in [-0.3, -0.25) is 0 Å². The van der Waals surface area contributed by atoms with Gasteiger partial charge in [0.15, 0.2) is 5.56 Å². The normalized spacial score (nSPS) is 10.2. The van der Waals surface area contributed by atoms with E-state index in [0.29, 0.717) is 24.0 Å². The summed E-state index contributed by atoms with van der Waals surface area (Å²) in [5, 5.41) is 14.0. The molecule has 1 heterocycles. The highest BCUT2D eigenvalue weighted by Gasteiger charge is 2.16. The fourth-order valence-corrected chi connectivity index (χ4v) is 1.90. The van der Waals surface area contributed by atoms with Crippen LogP contribution in [0.15, 0.2) is 24.3 Å². The number of anilines is 1. The van der Waals surface area contributed by atoms with Crippen molar-refractivity contribution in [3.8, 4) is 11.9 Å². The Hall–Kier alpha value is -2.19. The number of hydrogen-bond acceptors (Lipinski definition) is 4. The zero-order valence-corrected chi connectivity index (χ0v) is 11.9. The Morgan fingerprint density at radius 3 is 2.70 bits per heavy atom. The first-order valence-electron chi connectivity index (χ1n) is 6.29.